The van der Waals surface area contributed by atoms with E-state index >= 15 is 0 Å². The molecule has 0 aromatic heterocycles. The predicted molar refractivity (Wildman–Crippen MR) is 197 cm³/mol. The third kappa shape index (κ3) is 13.8. The predicted octanol–water partition coefficient (Wildman–Crippen LogP) is 3.99. The van der Waals surface area contributed by atoms with Gasteiger partial charge in [-0.05, 0) is 41.5 Å². The highest BCUT2D eigenvalue weighted by Crippen LogP contribution is 2.12. The van der Waals surface area contributed by atoms with Crippen molar-refractivity contribution in [3.63, 3.8) is 0 Å². The fourth-order valence-corrected chi connectivity index (χ4v) is 5.47. The monoisotopic (exact) mass is 690 g/mol. The molecule has 0 heterocycles. The number of nitrogens with one attached hydrogen (secondary N) is 3. The molecule has 0 saturated heterocycles. The number of ketones is 1. The molecular formula is C40H46N6O5. The molecule has 0 aliphatic heterocycles. The number of guanidine groups is 1. The standard InChI is InChI=1S/C40H46N6O5/c41-39(42)43-24-14-13-23-33(36(47)27-31-19-9-3-10-20-31)44-37(48)34(25-29-15-5-1-6-16-29)45-38(49)35(26-30-17-7-2-8-18-30)46-40(50)51-28-32-21-11-4-12-22-32/h1-12,15-22,33-35H,13-14,23-28H2,(H,44,48)(H,45,49)(H,46,50)(H4,41,42,43)/t33-,34-,35+/m0/s1. The van der Waals surface area contributed by atoms with Crippen molar-refractivity contribution in [3.05, 3.63) is 144 Å². The number of hydrogen-bond acceptors (Lipinski definition) is 6. The van der Waals surface area contributed by atoms with Crippen molar-refractivity contribution in [2.24, 2.45) is 16.5 Å². The summed E-state index contributed by atoms with van der Waals surface area (Å²) in [6.45, 7) is 0.419. The minimum Gasteiger partial charge on any atom is -0.445 e. The van der Waals surface area contributed by atoms with Crippen LogP contribution in [0, 0.1) is 0 Å². The Kier molecular flexibility index (Phi) is 15.2. The Morgan fingerprint density at radius 1 is 0.569 bits per heavy atom. The van der Waals surface area contributed by atoms with Crippen molar-refractivity contribution in [2.45, 2.75) is 63.3 Å². The second-order valence-electron chi connectivity index (χ2n) is 12.2. The van der Waals surface area contributed by atoms with Gasteiger partial charge in [0.15, 0.2) is 11.7 Å². The fourth-order valence-electron chi connectivity index (χ4n) is 5.47. The molecule has 51 heavy (non-hydrogen) atoms. The molecule has 7 N–H and O–H groups in total. The van der Waals surface area contributed by atoms with Gasteiger partial charge in [0.2, 0.25) is 11.8 Å². The first-order chi connectivity index (χ1) is 24.8. The summed E-state index contributed by atoms with van der Waals surface area (Å²) in [6, 6.07) is 34.1. The highest BCUT2D eigenvalue weighted by molar-refractivity contribution is 5.95. The summed E-state index contributed by atoms with van der Waals surface area (Å²) in [4.78, 5) is 58.5. The van der Waals surface area contributed by atoms with Crippen LogP contribution >= 0.6 is 0 Å². The number of aliphatic imine (C=N–C) groups is 1. The van der Waals surface area contributed by atoms with Crippen LogP contribution in [0.15, 0.2) is 126 Å². The van der Waals surface area contributed by atoms with Crippen LogP contribution in [-0.4, -0.2) is 54.3 Å². The summed E-state index contributed by atoms with van der Waals surface area (Å²) >= 11 is 0. The number of hydrogen-bond donors (Lipinski definition) is 5. The third-order valence-electron chi connectivity index (χ3n) is 8.14. The number of carbonyl (C=O) groups excluding carboxylic acids is 4. The second-order valence-corrected chi connectivity index (χ2v) is 12.2. The maximum Gasteiger partial charge on any atom is 0.408 e. The molecule has 0 aliphatic rings. The molecule has 0 saturated carbocycles. The lowest BCUT2D eigenvalue weighted by atomic mass is 9.98. The van der Waals surface area contributed by atoms with E-state index in [9.17, 15) is 19.2 Å². The van der Waals surface area contributed by atoms with E-state index < -0.39 is 36.0 Å². The van der Waals surface area contributed by atoms with Crippen molar-refractivity contribution in [1.82, 2.24) is 16.0 Å². The van der Waals surface area contributed by atoms with Crippen molar-refractivity contribution < 1.29 is 23.9 Å². The third-order valence-corrected chi connectivity index (χ3v) is 8.14. The number of nitrogens with zero attached hydrogens (tertiary/aromatic N) is 1. The molecule has 0 fully saturated rings. The molecule has 4 rings (SSSR count). The molecule has 0 spiro atoms. The van der Waals surface area contributed by atoms with Gasteiger partial charge in [-0.2, -0.15) is 0 Å². The molecule has 266 valence electrons. The number of alkyl carbamates (subject to hydrolysis) is 1. The van der Waals surface area contributed by atoms with Gasteiger partial charge in [0, 0.05) is 25.8 Å². The highest BCUT2D eigenvalue weighted by atomic mass is 16.5. The normalized spacial score (nSPS) is 12.4. The first-order valence-corrected chi connectivity index (χ1v) is 17.0. The summed E-state index contributed by atoms with van der Waals surface area (Å²) < 4.78 is 5.42. The Labute approximate surface area is 298 Å². The Bertz CT molecular complexity index is 1700. The molecule has 0 unspecified atom stereocenters. The van der Waals surface area contributed by atoms with E-state index in [2.05, 4.69) is 20.9 Å². The first kappa shape index (κ1) is 37.8. The van der Waals surface area contributed by atoms with Crippen molar-refractivity contribution in [2.75, 3.05) is 6.54 Å². The number of amides is 3. The molecule has 4 aromatic carbocycles. The van der Waals surface area contributed by atoms with Crippen LogP contribution in [0.4, 0.5) is 4.79 Å². The molecule has 0 aliphatic carbocycles. The van der Waals surface area contributed by atoms with Crippen LogP contribution in [0.3, 0.4) is 0 Å². The smallest absolute Gasteiger partial charge is 0.408 e. The van der Waals surface area contributed by atoms with E-state index in [1.165, 1.54) is 0 Å². The van der Waals surface area contributed by atoms with Crippen LogP contribution in [0.5, 0.6) is 0 Å². The van der Waals surface area contributed by atoms with Crippen LogP contribution in [-0.2, 0) is 45.0 Å². The van der Waals surface area contributed by atoms with Crippen LogP contribution < -0.4 is 27.4 Å². The Hall–Kier alpha value is -5.97. The lowest BCUT2D eigenvalue weighted by molar-refractivity contribution is -0.132. The molecule has 0 bridgehead atoms. The second kappa shape index (κ2) is 20.5. The lowest BCUT2D eigenvalue weighted by Crippen LogP contribution is -2.57. The average Bonchev–Trinajstić information content (AvgIpc) is 3.14. The quantitative estimate of drug-likeness (QED) is 0.0561. The summed E-state index contributed by atoms with van der Waals surface area (Å²) in [5.41, 5.74) is 14.1. The number of unbranched alkanes of at least 4 members (excludes halogenated alkanes) is 1. The zero-order valence-corrected chi connectivity index (χ0v) is 28.6. The molecule has 3 amide bonds. The summed E-state index contributed by atoms with van der Waals surface area (Å²) in [7, 11) is 0. The molecule has 11 nitrogen and oxygen atoms in total. The number of carbonyl (C=O) groups is 4. The van der Waals surface area contributed by atoms with Gasteiger partial charge >= 0.3 is 6.09 Å². The molecule has 0 radical (unpaired) electrons. The summed E-state index contributed by atoms with van der Waals surface area (Å²) in [6.07, 6.45) is 1.20. The zero-order chi connectivity index (χ0) is 36.3. The number of nitrogens with two attached hydrogens (primary N) is 2. The Morgan fingerprint density at radius 3 is 1.53 bits per heavy atom. The van der Waals surface area contributed by atoms with Gasteiger partial charge in [-0.1, -0.05) is 121 Å². The molecule has 11 heteroatoms. The van der Waals surface area contributed by atoms with E-state index in [4.69, 9.17) is 16.2 Å². The van der Waals surface area contributed by atoms with Gasteiger partial charge in [0.25, 0.3) is 0 Å². The SMILES string of the molecule is NC(N)=NCCCC[C@H](NC(=O)[C@H](Cc1ccccc1)NC(=O)[C@@H](Cc1ccccc1)NC(=O)OCc1ccccc1)C(=O)Cc1ccccc1. The van der Waals surface area contributed by atoms with E-state index in [1.807, 2.05) is 121 Å². The van der Waals surface area contributed by atoms with Crippen molar-refractivity contribution >= 4 is 29.7 Å². The topological polar surface area (TPSA) is 178 Å². The van der Waals surface area contributed by atoms with E-state index in [-0.39, 0.29) is 37.6 Å². The van der Waals surface area contributed by atoms with E-state index in [0.717, 1.165) is 22.3 Å². The van der Waals surface area contributed by atoms with Gasteiger partial charge in [0.1, 0.15) is 18.7 Å². The maximum atomic E-state index is 14.0. The average molecular weight is 691 g/mol. The number of rotatable bonds is 19. The number of ether oxygens (including phenoxy) is 1. The minimum absolute atomic E-state index is 0.0102. The summed E-state index contributed by atoms with van der Waals surface area (Å²) in [5.74, 6) is -1.26. The number of Topliss-reactive ketones (excluding diaryl/α,β-unsaturated/α-hetero) is 1. The first-order valence-electron chi connectivity index (χ1n) is 17.0. The summed E-state index contributed by atoms with van der Waals surface area (Å²) in [5, 5.41) is 8.49. The molecule has 3 atom stereocenters. The number of benzene rings is 4. The van der Waals surface area contributed by atoms with Crippen LogP contribution in [0.25, 0.3) is 0 Å². The van der Waals surface area contributed by atoms with Crippen LogP contribution in [0.2, 0.25) is 0 Å². The van der Waals surface area contributed by atoms with Crippen molar-refractivity contribution in [1.29, 1.82) is 0 Å². The fraction of sp³-hybridized carbons (Fsp3) is 0.275. The minimum atomic E-state index is -1.06. The largest absolute Gasteiger partial charge is 0.445 e. The van der Waals surface area contributed by atoms with Gasteiger partial charge in [-0.15, -0.1) is 0 Å². The van der Waals surface area contributed by atoms with Gasteiger partial charge < -0.3 is 32.2 Å². The van der Waals surface area contributed by atoms with Crippen molar-refractivity contribution in [3.8, 4) is 0 Å². The Morgan fingerprint density at radius 2 is 1.02 bits per heavy atom. The van der Waals surface area contributed by atoms with Gasteiger partial charge in [-0.3, -0.25) is 19.4 Å². The lowest BCUT2D eigenvalue weighted by Gasteiger charge is -2.25. The highest BCUT2D eigenvalue weighted by Gasteiger charge is 2.30. The van der Waals surface area contributed by atoms with Gasteiger partial charge in [0.05, 0.1) is 6.04 Å². The molecule has 4 aromatic rings. The molecular weight excluding hydrogens is 644 g/mol. The van der Waals surface area contributed by atoms with Gasteiger partial charge in [-0.25, -0.2) is 4.79 Å². The van der Waals surface area contributed by atoms with E-state index in [0.29, 0.717) is 25.8 Å². The van der Waals surface area contributed by atoms with Crippen LogP contribution in [0.1, 0.15) is 41.5 Å². The van der Waals surface area contributed by atoms with E-state index in [1.54, 1.807) is 0 Å². The maximum absolute atomic E-state index is 14.0. The Balaban J connectivity index is 1.52. The zero-order valence-electron chi connectivity index (χ0n) is 28.6.